The summed E-state index contributed by atoms with van der Waals surface area (Å²) in [6.45, 7) is 6.09. The average Bonchev–Trinajstić information content (AvgIpc) is 3.39. The lowest BCUT2D eigenvalue weighted by Crippen LogP contribution is -2.50. The second-order valence-electron chi connectivity index (χ2n) is 8.88. The number of nitrogens with zero attached hydrogens (tertiary/aromatic N) is 6. The van der Waals surface area contributed by atoms with Gasteiger partial charge in [0.05, 0.1) is 23.3 Å². The van der Waals surface area contributed by atoms with Crippen molar-refractivity contribution in [2.24, 2.45) is 0 Å². The van der Waals surface area contributed by atoms with E-state index < -0.39 is 0 Å². The Kier molecular flexibility index (Phi) is 6.90. The maximum atomic E-state index is 11.9. The van der Waals surface area contributed by atoms with Crippen LogP contribution in [0.25, 0.3) is 17.1 Å². The Bertz CT molecular complexity index is 1330. The van der Waals surface area contributed by atoms with Crippen molar-refractivity contribution in [3.05, 3.63) is 84.2 Å². The molecule has 2 amide bonds. The van der Waals surface area contributed by atoms with Gasteiger partial charge in [-0.3, -0.25) is 4.90 Å². The minimum Gasteiger partial charge on any atom is -0.341 e. The standard InChI is InChI=1S/C27H30N8O/c1-20-16-21(19-33-12-14-34(15-13-33)27(36)28-2)18-22(17-20)31-26-29-10-8-24(32-26)25-9-11-30-35(25)23-6-4-3-5-7-23/h3-11,16-18H,12-15,19H2,1-2H3,(H,28,36)(H,29,31,32). The summed E-state index contributed by atoms with van der Waals surface area (Å²) in [6.07, 6.45) is 3.54. The summed E-state index contributed by atoms with van der Waals surface area (Å²) < 4.78 is 1.88. The highest BCUT2D eigenvalue weighted by molar-refractivity contribution is 5.73. The van der Waals surface area contributed by atoms with Crippen molar-refractivity contribution in [1.29, 1.82) is 0 Å². The number of hydrogen-bond donors (Lipinski definition) is 2. The average molecular weight is 483 g/mol. The second kappa shape index (κ2) is 10.6. The second-order valence-corrected chi connectivity index (χ2v) is 8.88. The van der Waals surface area contributed by atoms with Crippen LogP contribution in [0.1, 0.15) is 11.1 Å². The molecule has 1 saturated heterocycles. The predicted octanol–water partition coefficient (Wildman–Crippen LogP) is 3.84. The van der Waals surface area contributed by atoms with Crippen molar-refractivity contribution in [3.8, 4) is 17.1 Å². The van der Waals surface area contributed by atoms with Gasteiger partial charge in [-0.25, -0.2) is 19.4 Å². The Labute approximate surface area is 210 Å². The largest absolute Gasteiger partial charge is 0.341 e. The van der Waals surface area contributed by atoms with E-state index in [2.05, 4.69) is 50.7 Å². The number of benzene rings is 2. The molecular formula is C27H30N8O. The number of nitrogens with one attached hydrogen (secondary N) is 2. The molecule has 9 heteroatoms. The number of piperazine rings is 1. The van der Waals surface area contributed by atoms with Crippen molar-refractivity contribution in [1.82, 2.24) is 34.9 Å². The van der Waals surface area contributed by atoms with Gasteiger partial charge in [0.1, 0.15) is 0 Å². The van der Waals surface area contributed by atoms with Crippen LogP contribution in [0, 0.1) is 6.92 Å². The molecule has 0 atom stereocenters. The van der Waals surface area contributed by atoms with Gasteiger partial charge in [-0.15, -0.1) is 0 Å². The van der Waals surface area contributed by atoms with Crippen LogP contribution in [-0.2, 0) is 6.54 Å². The molecule has 2 aromatic heterocycles. The minimum absolute atomic E-state index is 0.00857. The summed E-state index contributed by atoms with van der Waals surface area (Å²) in [5, 5.41) is 10.6. The molecule has 1 fully saturated rings. The molecule has 0 unspecified atom stereocenters. The van der Waals surface area contributed by atoms with E-state index >= 15 is 0 Å². The highest BCUT2D eigenvalue weighted by Gasteiger charge is 2.20. The Morgan fingerprint density at radius 2 is 1.78 bits per heavy atom. The number of hydrogen-bond acceptors (Lipinski definition) is 6. The normalized spacial score (nSPS) is 14.0. The van der Waals surface area contributed by atoms with Gasteiger partial charge in [0.15, 0.2) is 0 Å². The number of urea groups is 1. The SMILES string of the molecule is CNC(=O)N1CCN(Cc2cc(C)cc(Nc3nccc(-c4ccnn4-c4ccccc4)n3)c2)CC1. The van der Waals surface area contributed by atoms with Crippen LogP contribution in [0.3, 0.4) is 0 Å². The fourth-order valence-corrected chi connectivity index (χ4v) is 4.51. The molecule has 3 heterocycles. The Hall–Kier alpha value is -4.24. The van der Waals surface area contributed by atoms with Gasteiger partial charge < -0.3 is 15.5 Å². The van der Waals surface area contributed by atoms with E-state index in [0.29, 0.717) is 5.95 Å². The lowest BCUT2D eigenvalue weighted by molar-refractivity contribution is 0.136. The van der Waals surface area contributed by atoms with Gasteiger partial charge >= 0.3 is 6.03 Å². The van der Waals surface area contributed by atoms with E-state index in [1.807, 2.05) is 52.0 Å². The van der Waals surface area contributed by atoms with Crippen LogP contribution in [0.15, 0.2) is 73.1 Å². The molecule has 1 aliphatic heterocycles. The van der Waals surface area contributed by atoms with E-state index in [-0.39, 0.29) is 6.03 Å². The molecular weight excluding hydrogens is 452 g/mol. The Morgan fingerprint density at radius 3 is 2.56 bits per heavy atom. The third kappa shape index (κ3) is 5.36. The van der Waals surface area contributed by atoms with Crippen LogP contribution in [-0.4, -0.2) is 68.8 Å². The number of para-hydroxylation sites is 1. The monoisotopic (exact) mass is 482 g/mol. The number of carbonyl (C=O) groups excluding carboxylic acids is 1. The molecule has 4 aromatic rings. The zero-order chi connectivity index (χ0) is 24.9. The minimum atomic E-state index is -0.00857. The number of aromatic nitrogens is 4. The molecule has 0 saturated carbocycles. The van der Waals surface area contributed by atoms with Crippen LogP contribution < -0.4 is 10.6 Å². The lowest BCUT2D eigenvalue weighted by atomic mass is 10.1. The fraction of sp³-hybridized carbons (Fsp3) is 0.259. The number of amides is 2. The highest BCUT2D eigenvalue weighted by Crippen LogP contribution is 2.23. The zero-order valence-corrected chi connectivity index (χ0v) is 20.6. The van der Waals surface area contributed by atoms with Crippen LogP contribution >= 0.6 is 0 Å². The van der Waals surface area contributed by atoms with Gasteiger partial charge in [-0.05, 0) is 54.4 Å². The summed E-state index contributed by atoms with van der Waals surface area (Å²) in [5.74, 6) is 0.532. The highest BCUT2D eigenvalue weighted by atomic mass is 16.2. The topological polar surface area (TPSA) is 91.2 Å². The molecule has 2 aromatic carbocycles. The quantitative estimate of drug-likeness (QED) is 0.434. The molecule has 0 bridgehead atoms. The molecule has 9 nitrogen and oxygen atoms in total. The van der Waals surface area contributed by atoms with Crippen molar-refractivity contribution >= 4 is 17.7 Å². The summed E-state index contributed by atoms with van der Waals surface area (Å²) in [7, 11) is 1.67. The fourth-order valence-electron chi connectivity index (χ4n) is 4.51. The Morgan fingerprint density at radius 1 is 0.972 bits per heavy atom. The first-order valence-corrected chi connectivity index (χ1v) is 12.1. The number of anilines is 2. The van der Waals surface area contributed by atoms with Crippen molar-refractivity contribution < 1.29 is 4.79 Å². The van der Waals surface area contributed by atoms with Gasteiger partial charge in [-0.1, -0.05) is 24.3 Å². The molecule has 2 N–H and O–H groups in total. The smallest absolute Gasteiger partial charge is 0.317 e. The molecule has 184 valence electrons. The predicted molar refractivity (Wildman–Crippen MR) is 140 cm³/mol. The Balaban J connectivity index is 1.30. The first-order chi connectivity index (χ1) is 17.6. The van der Waals surface area contributed by atoms with E-state index in [1.165, 1.54) is 5.56 Å². The van der Waals surface area contributed by atoms with Crippen molar-refractivity contribution in [2.45, 2.75) is 13.5 Å². The zero-order valence-electron chi connectivity index (χ0n) is 20.6. The molecule has 36 heavy (non-hydrogen) atoms. The first-order valence-electron chi connectivity index (χ1n) is 12.1. The third-order valence-corrected chi connectivity index (χ3v) is 6.23. The van der Waals surface area contributed by atoms with E-state index in [9.17, 15) is 4.79 Å². The van der Waals surface area contributed by atoms with Crippen LogP contribution in [0.4, 0.5) is 16.4 Å². The molecule has 0 radical (unpaired) electrons. The van der Waals surface area contributed by atoms with Gasteiger partial charge in [0, 0.05) is 51.7 Å². The summed E-state index contributed by atoms with van der Waals surface area (Å²) in [4.78, 5) is 25.3. The molecule has 0 aliphatic carbocycles. The maximum absolute atomic E-state index is 11.9. The number of rotatable bonds is 6. The molecule has 5 rings (SSSR count). The van der Waals surface area contributed by atoms with Gasteiger partial charge in [0.25, 0.3) is 0 Å². The van der Waals surface area contributed by atoms with Gasteiger partial charge in [0.2, 0.25) is 5.95 Å². The van der Waals surface area contributed by atoms with E-state index in [0.717, 1.165) is 61.0 Å². The summed E-state index contributed by atoms with van der Waals surface area (Å²) >= 11 is 0. The van der Waals surface area contributed by atoms with E-state index in [1.54, 1.807) is 19.4 Å². The maximum Gasteiger partial charge on any atom is 0.317 e. The first kappa shape index (κ1) is 23.5. The van der Waals surface area contributed by atoms with Crippen molar-refractivity contribution in [2.75, 3.05) is 38.5 Å². The summed E-state index contributed by atoms with van der Waals surface area (Å²) in [6, 6.07) is 20.3. The third-order valence-electron chi connectivity index (χ3n) is 6.23. The molecule has 1 aliphatic rings. The lowest BCUT2D eigenvalue weighted by Gasteiger charge is -2.34. The van der Waals surface area contributed by atoms with Crippen LogP contribution in [0.5, 0.6) is 0 Å². The molecule has 0 spiro atoms. The number of aryl methyl sites for hydroxylation is 1. The summed E-state index contributed by atoms with van der Waals surface area (Å²) in [5.41, 5.74) is 5.98. The number of carbonyl (C=O) groups is 1. The van der Waals surface area contributed by atoms with Gasteiger partial charge in [-0.2, -0.15) is 5.10 Å². The van der Waals surface area contributed by atoms with Crippen molar-refractivity contribution in [3.63, 3.8) is 0 Å². The van der Waals surface area contributed by atoms with E-state index in [4.69, 9.17) is 4.98 Å². The van der Waals surface area contributed by atoms with Crippen LogP contribution in [0.2, 0.25) is 0 Å².